The van der Waals surface area contributed by atoms with Gasteiger partial charge >= 0.3 is 6.09 Å². The summed E-state index contributed by atoms with van der Waals surface area (Å²) < 4.78 is 4.67. The largest absolute Gasteiger partial charge is 0.453 e. The second kappa shape index (κ2) is 9.30. The molecule has 0 unspecified atom stereocenters. The quantitative estimate of drug-likeness (QED) is 0.414. The SMILES string of the molecule is C=CCN(CC=C)C(=O)/C(C#N)=C\N1CCN(C(=O)OC)CC1. The minimum Gasteiger partial charge on any atom is -0.453 e. The molecule has 1 rings (SSSR count). The number of nitriles is 1. The number of hydrogen-bond donors (Lipinski definition) is 0. The van der Waals surface area contributed by atoms with Crippen LogP contribution in [-0.2, 0) is 9.53 Å². The van der Waals surface area contributed by atoms with Crippen molar-refractivity contribution in [2.75, 3.05) is 46.4 Å². The molecule has 0 saturated carbocycles. The molecule has 1 saturated heterocycles. The highest BCUT2D eigenvalue weighted by Gasteiger charge is 2.22. The predicted octanol–water partition coefficient (Wildman–Crippen LogP) is 0.978. The number of piperazine rings is 1. The van der Waals surface area contributed by atoms with Crippen molar-refractivity contribution in [3.8, 4) is 6.07 Å². The number of ether oxygens (including phenoxy) is 1. The number of methoxy groups -OCH3 is 1. The topological polar surface area (TPSA) is 76.9 Å². The van der Waals surface area contributed by atoms with E-state index < -0.39 is 0 Å². The first-order valence-electron chi connectivity index (χ1n) is 7.27. The third-order valence-electron chi connectivity index (χ3n) is 3.40. The Morgan fingerprint density at radius 1 is 1.22 bits per heavy atom. The van der Waals surface area contributed by atoms with E-state index in [2.05, 4.69) is 17.9 Å². The Morgan fingerprint density at radius 2 is 1.78 bits per heavy atom. The van der Waals surface area contributed by atoms with Gasteiger partial charge in [-0.2, -0.15) is 5.26 Å². The van der Waals surface area contributed by atoms with Gasteiger partial charge in [0, 0.05) is 45.5 Å². The molecule has 23 heavy (non-hydrogen) atoms. The molecule has 0 aromatic carbocycles. The van der Waals surface area contributed by atoms with Crippen molar-refractivity contribution in [2.24, 2.45) is 0 Å². The third-order valence-corrected chi connectivity index (χ3v) is 3.40. The lowest BCUT2D eigenvalue weighted by atomic mass is 10.2. The Hall–Kier alpha value is -2.75. The van der Waals surface area contributed by atoms with Crippen LogP contribution >= 0.6 is 0 Å². The van der Waals surface area contributed by atoms with Crippen LogP contribution in [0.4, 0.5) is 4.79 Å². The van der Waals surface area contributed by atoms with E-state index in [1.54, 1.807) is 23.3 Å². The molecule has 0 aliphatic carbocycles. The second-order valence-electron chi connectivity index (χ2n) is 4.94. The summed E-state index contributed by atoms with van der Waals surface area (Å²) in [6, 6.07) is 1.95. The summed E-state index contributed by atoms with van der Waals surface area (Å²) in [5.74, 6) is -0.359. The zero-order chi connectivity index (χ0) is 17.2. The molecule has 2 amide bonds. The molecule has 0 aromatic rings. The van der Waals surface area contributed by atoms with Crippen molar-refractivity contribution in [3.05, 3.63) is 37.1 Å². The third kappa shape index (κ3) is 5.18. The van der Waals surface area contributed by atoms with E-state index in [0.29, 0.717) is 39.3 Å². The molecule has 0 aromatic heterocycles. The Labute approximate surface area is 136 Å². The molecule has 0 bridgehead atoms. The van der Waals surface area contributed by atoms with Gasteiger partial charge in [0.05, 0.1) is 7.11 Å². The molecule has 124 valence electrons. The molecule has 7 nitrogen and oxygen atoms in total. The van der Waals surface area contributed by atoms with Gasteiger partial charge < -0.3 is 19.4 Å². The van der Waals surface area contributed by atoms with Crippen LogP contribution in [-0.4, -0.2) is 73.1 Å². The standard InChI is InChI=1S/C16H22N4O3/c1-4-6-19(7-5-2)15(21)14(12-17)13-18-8-10-20(11-9-18)16(22)23-3/h4-5,13H,1-2,6-11H2,3H3/b14-13-. The van der Waals surface area contributed by atoms with Crippen LogP contribution in [0.25, 0.3) is 0 Å². The normalized spacial score (nSPS) is 14.7. The maximum atomic E-state index is 12.4. The lowest BCUT2D eigenvalue weighted by molar-refractivity contribution is -0.125. The minimum absolute atomic E-state index is 0.0558. The highest BCUT2D eigenvalue weighted by Crippen LogP contribution is 2.08. The summed E-state index contributed by atoms with van der Waals surface area (Å²) in [4.78, 5) is 28.7. The highest BCUT2D eigenvalue weighted by molar-refractivity contribution is 5.97. The van der Waals surface area contributed by atoms with Gasteiger partial charge in [-0.05, 0) is 0 Å². The molecule has 0 atom stereocenters. The zero-order valence-corrected chi connectivity index (χ0v) is 13.4. The molecule has 1 aliphatic heterocycles. The Morgan fingerprint density at radius 3 is 2.22 bits per heavy atom. The molecule has 1 heterocycles. The predicted molar refractivity (Wildman–Crippen MR) is 86.2 cm³/mol. The number of rotatable bonds is 6. The van der Waals surface area contributed by atoms with E-state index >= 15 is 0 Å². The minimum atomic E-state index is -0.367. The average Bonchev–Trinajstić information content (AvgIpc) is 2.58. The number of nitrogens with zero attached hydrogens (tertiary/aromatic N) is 4. The maximum absolute atomic E-state index is 12.4. The van der Waals surface area contributed by atoms with Crippen molar-refractivity contribution in [1.29, 1.82) is 5.26 Å². The fourth-order valence-corrected chi connectivity index (χ4v) is 2.20. The summed E-state index contributed by atoms with van der Waals surface area (Å²) >= 11 is 0. The van der Waals surface area contributed by atoms with Crippen LogP contribution in [0.1, 0.15) is 0 Å². The molecule has 1 aliphatic rings. The lowest BCUT2D eigenvalue weighted by Gasteiger charge is -2.33. The highest BCUT2D eigenvalue weighted by atomic mass is 16.5. The summed E-state index contributed by atoms with van der Waals surface area (Å²) in [7, 11) is 1.34. The first-order valence-corrected chi connectivity index (χ1v) is 7.27. The first kappa shape index (κ1) is 18.3. The summed E-state index contributed by atoms with van der Waals surface area (Å²) in [5, 5.41) is 9.26. The van der Waals surface area contributed by atoms with Gasteiger partial charge in [-0.3, -0.25) is 4.79 Å². The van der Waals surface area contributed by atoms with Gasteiger partial charge in [0.2, 0.25) is 0 Å². The fourth-order valence-electron chi connectivity index (χ4n) is 2.20. The second-order valence-corrected chi connectivity index (χ2v) is 4.94. The molecule has 0 spiro atoms. The number of amides is 2. The fraction of sp³-hybridized carbons (Fsp3) is 0.438. The van der Waals surface area contributed by atoms with Crippen molar-refractivity contribution < 1.29 is 14.3 Å². The Balaban J connectivity index is 2.74. The van der Waals surface area contributed by atoms with Crippen LogP contribution in [0.5, 0.6) is 0 Å². The summed E-state index contributed by atoms with van der Waals surface area (Å²) in [5.41, 5.74) is 0.0558. The van der Waals surface area contributed by atoms with Gasteiger partial charge in [-0.15, -0.1) is 13.2 Å². The van der Waals surface area contributed by atoms with Gasteiger partial charge in [-0.1, -0.05) is 12.2 Å². The number of carbonyl (C=O) groups is 2. The van der Waals surface area contributed by atoms with E-state index in [1.807, 2.05) is 11.0 Å². The molecule has 7 heteroatoms. The smallest absolute Gasteiger partial charge is 0.409 e. The van der Waals surface area contributed by atoms with Crippen molar-refractivity contribution >= 4 is 12.0 Å². The molecule has 1 fully saturated rings. The number of hydrogen-bond acceptors (Lipinski definition) is 5. The van der Waals surface area contributed by atoms with E-state index in [1.165, 1.54) is 12.0 Å². The van der Waals surface area contributed by atoms with Gasteiger partial charge in [-0.25, -0.2) is 4.79 Å². The molecular weight excluding hydrogens is 296 g/mol. The van der Waals surface area contributed by atoms with Crippen LogP contribution in [0.2, 0.25) is 0 Å². The van der Waals surface area contributed by atoms with E-state index in [9.17, 15) is 14.9 Å². The van der Waals surface area contributed by atoms with Crippen molar-refractivity contribution in [2.45, 2.75) is 0 Å². The van der Waals surface area contributed by atoms with Crippen LogP contribution in [0.15, 0.2) is 37.1 Å². The monoisotopic (exact) mass is 318 g/mol. The van der Waals surface area contributed by atoms with Crippen LogP contribution < -0.4 is 0 Å². The first-order chi connectivity index (χ1) is 11.1. The van der Waals surface area contributed by atoms with Crippen LogP contribution in [0, 0.1) is 11.3 Å². The van der Waals surface area contributed by atoms with Gasteiger partial charge in [0.15, 0.2) is 0 Å². The summed E-state index contributed by atoms with van der Waals surface area (Å²) in [6.45, 7) is 9.96. The van der Waals surface area contributed by atoms with E-state index in [-0.39, 0.29) is 17.6 Å². The van der Waals surface area contributed by atoms with Crippen molar-refractivity contribution in [1.82, 2.24) is 14.7 Å². The molecule has 0 radical (unpaired) electrons. The average molecular weight is 318 g/mol. The van der Waals surface area contributed by atoms with E-state index in [0.717, 1.165) is 0 Å². The molecular formula is C16H22N4O3. The van der Waals surface area contributed by atoms with Gasteiger partial charge in [0.1, 0.15) is 11.6 Å². The van der Waals surface area contributed by atoms with Gasteiger partial charge in [0.25, 0.3) is 5.91 Å². The zero-order valence-electron chi connectivity index (χ0n) is 13.4. The maximum Gasteiger partial charge on any atom is 0.409 e. The van der Waals surface area contributed by atoms with Crippen molar-refractivity contribution in [3.63, 3.8) is 0 Å². The van der Waals surface area contributed by atoms with Crippen LogP contribution in [0.3, 0.4) is 0 Å². The van der Waals surface area contributed by atoms with E-state index in [4.69, 9.17) is 0 Å². The molecule has 0 N–H and O–H groups in total. The Bertz CT molecular complexity index is 518. The summed E-state index contributed by atoms with van der Waals surface area (Å²) in [6.07, 6.45) is 4.39. The lowest BCUT2D eigenvalue weighted by Crippen LogP contribution is -2.47. The Kier molecular flexibility index (Phi) is 7.40. The number of carbonyl (C=O) groups excluding carboxylic acids is 2.